The first-order chi connectivity index (χ1) is 9.22. The molecule has 4 heteroatoms. The molecule has 2 heterocycles. The zero-order valence-electron chi connectivity index (χ0n) is 12.5. The number of hydrogen-bond donors (Lipinski definition) is 2. The van der Waals surface area contributed by atoms with E-state index in [4.69, 9.17) is 10.6 Å². The molecule has 2 aliphatic heterocycles. The predicted octanol–water partition coefficient (Wildman–Crippen LogP) is 2.17. The smallest absolute Gasteiger partial charge is 0.112 e. The Morgan fingerprint density at radius 1 is 1.37 bits per heavy atom. The minimum absolute atomic E-state index is 0.0400. The summed E-state index contributed by atoms with van der Waals surface area (Å²) < 4.78 is 5.86. The molecule has 0 aromatic rings. The molecule has 2 unspecified atom stereocenters. The number of hydrazine groups is 1. The largest absolute Gasteiger partial charge is 0.496 e. The number of nitrogens with one attached hydrogen (secondary N) is 1. The van der Waals surface area contributed by atoms with Gasteiger partial charge in [-0.05, 0) is 58.2 Å². The summed E-state index contributed by atoms with van der Waals surface area (Å²) in [5, 5.41) is 0. The van der Waals surface area contributed by atoms with E-state index in [-0.39, 0.29) is 11.6 Å². The monoisotopic (exact) mass is 267 g/mol. The average molecular weight is 267 g/mol. The maximum atomic E-state index is 5.87. The van der Waals surface area contributed by atoms with Gasteiger partial charge in [0.1, 0.15) is 5.76 Å². The Balaban J connectivity index is 2.18. The molecule has 19 heavy (non-hydrogen) atoms. The number of piperidine rings is 1. The Morgan fingerprint density at radius 3 is 2.63 bits per heavy atom. The highest BCUT2D eigenvalue weighted by atomic mass is 16.5. The van der Waals surface area contributed by atoms with Crippen molar-refractivity contribution in [2.24, 2.45) is 5.84 Å². The molecule has 0 radical (unpaired) electrons. The van der Waals surface area contributed by atoms with Crippen LogP contribution in [0.3, 0.4) is 0 Å². The molecular weight excluding hydrogens is 238 g/mol. The number of likely N-dealkylation sites (tertiary alicyclic amines) is 1. The predicted molar refractivity (Wildman–Crippen MR) is 78.5 cm³/mol. The highest BCUT2D eigenvalue weighted by molar-refractivity contribution is 5.14. The molecule has 0 aliphatic carbocycles. The van der Waals surface area contributed by atoms with Gasteiger partial charge in [-0.15, -0.1) is 0 Å². The molecule has 0 bridgehead atoms. The second-order valence-corrected chi connectivity index (χ2v) is 5.96. The van der Waals surface area contributed by atoms with Gasteiger partial charge < -0.3 is 4.74 Å². The molecule has 1 fully saturated rings. The third-order valence-electron chi connectivity index (χ3n) is 4.83. The van der Waals surface area contributed by atoms with Crippen molar-refractivity contribution in [1.29, 1.82) is 0 Å². The topological polar surface area (TPSA) is 50.5 Å². The van der Waals surface area contributed by atoms with Crippen LogP contribution >= 0.6 is 0 Å². The first kappa shape index (κ1) is 14.8. The fraction of sp³-hybridized carbons (Fsp3) is 0.867. The van der Waals surface area contributed by atoms with Crippen molar-refractivity contribution < 1.29 is 4.74 Å². The number of nitrogens with two attached hydrogens (primary N) is 1. The Labute approximate surface area is 117 Å². The van der Waals surface area contributed by atoms with E-state index in [9.17, 15) is 0 Å². The summed E-state index contributed by atoms with van der Waals surface area (Å²) in [6, 6.07) is 0.0934. The van der Waals surface area contributed by atoms with Gasteiger partial charge in [0.15, 0.2) is 0 Å². The average Bonchev–Trinajstić information content (AvgIpc) is 2.49. The van der Waals surface area contributed by atoms with Crippen molar-refractivity contribution >= 4 is 0 Å². The molecule has 1 saturated heterocycles. The van der Waals surface area contributed by atoms with Crippen LogP contribution in [0, 0.1) is 0 Å². The van der Waals surface area contributed by atoms with Crippen LogP contribution in [-0.4, -0.2) is 36.2 Å². The fourth-order valence-corrected chi connectivity index (χ4v) is 3.36. The van der Waals surface area contributed by atoms with Crippen molar-refractivity contribution in [3.8, 4) is 0 Å². The molecule has 110 valence electrons. The molecule has 4 nitrogen and oxygen atoms in total. The van der Waals surface area contributed by atoms with Gasteiger partial charge in [-0.3, -0.25) is 10.7 Å². The van der Waals surface area contributed by atoms with E-state index in [0.717, 1.165) is 31.6 Å². The molecule has 0 aromatic carbocycles. The van der Waals surface area contributed by atoms with E-state index >= 15 is 0 Å². The molecular formula is C15H29N3O. The van der Waals surface area contributed by atoms with Crippen LogP contribution in [0.5, 0.6) is 0 Å². The van der Waals surface area contributed by atoms with Crippen molar-refractivity contribution in [3.63, 3.8) is 0 Å². The first-order valence-corrected chi connectivity index (χ1v) is 7.76. The lowest BCUT2D eigenvalue weighted by Gasteiger charge is -2.48. The van der Waals surface area contributed by atoms with E-state index in [1.165, 1.54) is 32.4 Å². The van der Waals surface area contributed by atoms with Gasteiger partial charge in [0.2, 0.25) is 0 Å². The highest BCUT2D eigenvalue weighted by Crippen LogP contribution is 2.32. The second kappa shape index (κ2) is 6.73. The molecule has 3 N–H and O–H groups in total. The lowest BCUT2D eigenvalue weighted by Crippen LogP contribution is -2.62. The van der Waals surface area contributed by atoms with Gasteiger partial charge >= 0.3 is 0 Å². The molecule has 2 atom stereocenters. The summed E-state index contributed by atoms with van der Waals surface area (Å²) in [6.45, 7) is 7.75. The highest BCUT2D eigenvalue weighted by Gasteiger charge is 2.41. The van der Waals surface area contributed by atoms with Gasteiger partial charge in [-0.25, -0.2) is 5.43 Å². The number of hydrogen-bond acceptors (Lipinski definition) is 4. The molecule has 2 rings (SSSR count). The number of ether oxygens (including phenoxy) is 1. The van der Waals surface area contributed by atoms with Crippen LogP contribution < -0.4 is 11.3 Å². The van der Waals surface area contributed by atoms with E-state index in [1.807, 2.05) is 0 Å². The zero-order chi connectivity index (χ0) is 13.7. The SMILES string of the molecule is CCC(C)(C(NN)C1=CCCCO1)N1CCCCC1. The number of rotatable bonds is 5. The molecule has 2 aliphatic rings. The van der Waals surface area contributed by atoms with Crippen LogP contribution in [0.25, 0.3) is 0 Å². The van der Waals surface area contributed by atoms with Crippen molar-refractivity contribution in [2.75, 3.05) is 19.7 Å². The van der Waals surface area contributed by atoms with Gasteiger partial charge in [-0.2, -0.15) is 0 Å². The summed E-state index contributed by atoms with van der Waals surface area (Å²) in [7, 11) is 0. The maximum Gasteiger partial charge on any atom is 0.112 e. The maximum absolute atomic E-state index is 5.87. The summed E-state index contributed by atoms with van der Waals surface area (Å²) >= 11 is 0. The summed E-state index contributed by atoms with van der Waals surface area (Å²) in [4.78, 5) is 2.60. The van der Waals surface area contributed by atoms with Crippen LogP contribution in [0.1, 0.15) is 52.4 Å². The standard InChI is InChI=1S/C15H29N3O/c1-3-15(2,18-10-6-4-7-11-18)14(17-16)13-9-5-8-12-19-13/h9,14,17H,3-8,10-12,16H2,1-2H3. The third kappa shape index (κ3) is 3.12. The third-order valence-corrected chi connectivity index (χ3v) is 4.83. The fourth-order valence-electron chi connectivity index (χ4n) is 3.36. The van der Waals surface area contributed by atoms with Crippen LogP contribution in [-0.2, 0) is 4.74 Å². The van der Waals surface area contributed by atoms with Crippen molar-refractivity contribution in [3.05, 3.63) is 11.8 Å². The van der Waals surface area contributed by atoms with Crippen LogP contribution in [0.2, 0.25) is 0 Å². The Kier molecular flexibility index (Phi) is 5.25. The minimum atomic E-state index is 0.0400. The van der Waals surface area contributed by atoms with E-state index in [1.54, 1.807) is 0 Å². The normalized spacial score (nSPS) is 26.2. The molecule has 0 spiro atoms. The van der Waals surface area contributed by atoms with Crippen LogP contribution in [0.15, 0.2) is 11.8 Å². The van der Waals surface area contributed by atoms with Gasteiger partial charge in [-0.1, -0.05) is 13.3 Å². The number of nitrogens with zero attached hydrogens (tertiary/aromatic N) is 1. The Morgan fingerprint density at radius 2 is 2.11 bits per heavy atom. The minimum Gasteiger partial charge on any atom is -0.496 e. The van der Waals surface area contributed by atoms with Crippen molar-refractivity contribution in [1.82, 2.24) is 10.3 Å². The van der Waals surface area contributed by atoms with Crippen molar-refractivity contribution in [2.45, 2.75) is 64.0 Å². The summed E-state index contributed by atoms with van der Waals surface area (Å²) in [5.41, 5.74) is 3.07. The quantitative estimate of drug-likeness (QED) is 0.592. The Hall–Kier alpha value is -0.580. The summed E-state index contributed by atoms with van der Waals surface area (Å²) in [5.74, 6) is 6.92. The summed E-state index contributed by atoms with van der Waals surface area (Å²) in [6.07, 6.45) is 9.46. The lowest BCUT2D eigenvalue weighted by molar-refractivity contribution is 0.0286. The zero-order valence-corrected chi connectivity index (χ0v) is 12.5. The van der Waals surface area contributed by atoms with Gasteiger partial charge in [0, 0.05) is 5.54 Å². The first-order valence-electron chi connectivity index (χ1n) is 7.76. The molecule has 0 amide bonds. The van der Waals surface area contributed by atoms with Gasteiger partial charge in [0.05, 0.1) is 12.6 Å². The van der Waals surface area contributed by atoms with E-state index in [0.29, 0.717) is 0 Å². The lowest BCUT2D eigenvalue weighted by atomic mass is 9.84. The molecule has 0 aromatic heterocycles. The van der Waals surface area contributed by atoms with Crippen LogP contribution in [0.4, 0.5) is 0 Å². The van der Waals surface area contributed by atoms with Gasteiger partial charge in [0.25, 0.3) is 0 Å². The Bertz CT molecular complexity index is 313. The molecule has 0 saturated carbocycles. The van der Waals surface area contributed by atoms with E-state index < -0.39 is 0 Å². The van der Waals surface area contributed by atoms with E-state index in [2.05, 4.69) is 30.2 Å². The number of allylic oxidation sites excluding steroid dienone is 1. The second-order valence-electron chi connectivity index (χ2n) is 5.96.